The van der Waals surface area contributed by atoms with Crippen molar-refractivity contribution in [3.63, 3.8) is 0 Å². The molecule has 5 heteroatoms. The number of para-hydroxylation sites is 1. The largest absolute Gasteiger partial charge is 0.366 e. The zero-order valence-corrected chi connectivity index (χ0v) is 12.2. The van der Waals surface area contributed by atoms with Gasteiger partial charge in [0.1, 0.15) is 5.82 Å². The van der Waals surface area contributed by atoms with E-state index in [4.69, 9.17) is 0 Å². The molecule has 2 N–H and O–H groups in total. The van der Waals surface area contributed by atoms with Crippen LogP contribution in [0.5, 0.6) is 0 Å². The normalized spacial score (nSPS) is 10.0. The molecule has 1 aromatic heterocycles. The predicted molar refractivity (Wildman–Crippen MR) is 82.9 cm³/mol. The van der Waals surface area contributed by atoms with Crippen LogP contribution in [0.25, 0.3) is 0 Å². The molecule has 0 radical (unpaired) electrons. The minimum atomic E-state index is 0.568. The number of nitrogens with zero attached hydrogens (tertiary/aromatic N) is 2. The lowest BCUT2D eigenvalue weighted by molar-refractivity contribution is 1.09. The van der Waals surface area contributed by atoms with Crippen molar-refractivity contribution in [3.8, 4) is 0 Å². The molecule has 0 aliphatic rings. The summed E-state index contributed by atoms with van der Waals surface area (Å²) in [6.45, 7) is 6.28. The van der Waals surface area contributed by atoms with E-state index in [1.165, 1.54) is 0 Å². The summed E-state index contributed by atoms with van der Waals surface area (Å²) in [5.41, 5.74) is 1.83. The molecular formula is C14H15BrN4. The Balaban J connectivity index is 2.22. The van der Waals surface area contributed by atoms with Crippen LogP contribution in [0, 0.1) is 6.92 Å². The monoisotopic (exact) mass is 318 g/mol. The maximum atomic E-state index is 4.41. The second-order valence-corrected chi connectivity index (χ2v) is 4.85. The molecule has 0 spiro atoms. The van der Waals surface area contributed by atoms with E-state index >= 15 is 0 Å². The minimum Gasteiger partial charge on any atom is -0.366 e. The molecule has 98 valence electrons. The molecule has 0 saturated carbocycles. The highest BCUT2D eigenvalue weighted by Crippen LogP contribution is 2.24. The maximum absolute atomic E-state index is 4.41. The van der Waals surface area contributed by atoms with Crippen molar-refractivity contribution in [3.05, 3.63) is 53.2 Å². The van der Waals surface area contributed by atoms with Crippen molar-refractivity contribution in [1.29, 1.82) is 0 Å². The van der Waals surface area contributed by atoms with Gasteiger partial charge in [0, 0.05) is 22.8 Å². The number of halogens is 1. The minimum absolute atomic E-state index is 0.568. The quantitative estimate of drug-likeness (QED) is 0.821. The van der Waals surface area contributed by atoms with Crippen LogP contribution in [-0.2, 0) is 0 Å². The van der Waals surface area contributed by atoms with Crippen LogP contribution in [0.3, 0.4) is 0 Å². The van der Waals surface area contributed by atoms with Crippen LogP contribution >= 0.6 is 15.9 Å². The van der Waals surface area contributed by atoms with Gasteiger partial charge in [-0.1, -0.05) is 18.2 Å². The van der Waals surface area contributed by atoms with E-state index in [9.17, 15) is 0 Å². The number of nitrogens with one attached hydrogen (secondary N) is 2. The molecule has 0 amide bonds. The smallest absolute Gasteiger partial charge is 0.229 e. The Morgan fingerprint density at radius 1 is 1.32 bits per heavy atom. The van der Waals surface area contributed by atoms with Crippen LogP contribution < -0.4 is 10.6 Å². The Morgan fingerprint density at radius 3 is 2.84 bits per heavy atom. The summed E-state index contributed by atoms with van der Waals surface area (Å²) < 4.78 is 0.973. The molecule has 0 saturated heterocycles. The van der Waals surface area contributed by atoms with Crippen molar-refractivity contribution < 1.29 is 0 Å². The average Bonchev–Trinajstić information content (AvgIpc) is 2.38. The Labute approximate surface area is 121 Å². The molecule has 1 aromatic carbocycles. The zero-order valence-electron chi connectivity index (χ0n) is 10.7. The molecule has 2 rings (SSSR count). The second kappa shape index (κ2) is 6.33. The highest BCUT2D eigenvalue weighted by atomic mass is 79.9. The molecule has 0 fully saturated rings. The molecule has 0 aliphatic heterocycles. The molecule has 0 unspecified atom stereocenters. The SMILES string of the molecule is C=CCNc1cc(C)nc(Nc2ccccc2Br)n1. The van der Waals surface area contributed by atoms with Crippen molar-refractivity contribution in [1.82, 2.24) is 9.97 Å². The van der Waals surface area contributed by atoms with Gasteiger partial charge >= 0.3 is 0 Å². The predicted octanol–water partition coefficient (Wildman–Crippen LogP) is 3.89. The van der Waals surface area contributed by atoms with Crippen molar-refractivity contribution in [2.45, 2.75) is 6.92 Å². The molecule has 0 atom stereocenters. The van der Waals surface area contributed by atoms with Gasteiger partial charge in [-0.15, -0.1) is 6.58 Å². The number of hydrogen-bond acceptors (Lipinski definition) is 4. The standard InChI is InChI=1S/C14H15BrN4/c1-3-8-16-13-9-10(2)17-14(19-13)18-12-7-5-4-6-11(12)15/h3-7,9H,1,8H2,2H3,(H2,16,17,18,19). The van der Waals surface area contributed by atoms with E-state index in [1.807, 2.05) is 37.3 Å². The van der Waals surface area contributed by atoms with E-state index in [-0.39, 0.29) is 0 Å². The van der Waals surface area contributed by atoms with Crippen molar-refractivity contribution in [2.75, 3.05) is 17.2 Å². The highest BCUT2D eigenvalue weighted by molar-refractivity contribution is 9.10. The van der Waals surface area contributed by atoms with Crippen LogP contribution in [0.15, 0.2) is 47.5 Å². The summed E-state index contributed by atoms with van der Waals surface area (Å²) in [5, 5.41) is 6.35. The Morgan fingerprint density at radius 2 is 2.11 bits per heavy atom. The summed E-state index contributed by atoms with van der Waals surface area (Å²) in [6.07, 6.45) is 1.79. The third-order valence-corrected chi connectivity index (χ3v) is 3.09. The molecule has 2 aromatic rings. The Bertz CT molecular complexity index is 583. The van der Waals surface area contributed by atoms with Crippen molar-refractivity contribution in [2.24, 2.45) is 0 Å². The number of hydrogen-bond donors (Lipinski definition) is 2. The summed E-state index contributed by atoms with van der Waals surface area (Å²) in [5.74, 6) is 1.35. The van der Waals surface area contributed by atoms with Crippen LogP contribution in [0.1, 0.15) is 5.69 Å². The number of aryl methyl sites for hydroxylation is 1. The first-order valence-corrected chi connectivity index (χ1v) is 6.70. The zero-order chi connectivity index (χ0) is 13.7. The van der Waals surface area contributed by atoms with Gasteiger partial charge in [0.15, 0.2) is 0 Å². The summed E-state index contributed by atoms with van der Waals surface area (Å²) in [6, 6.07) is 9.75. The molecule has 19 heavy (non-hydrogen) atoms. The first-order chi connectivity index (χ1) is 9.19. The van der Waals surface area contributed by atoms with E-state index in [2.05, 4.69) is 43.1 Å². The van der Waals surface area contributed by atoms with Gasteiger partial charge < -0.3 is 10.6 Å². The van der Waals surface area contributed by atoms with E-state index < -0.39 is 0 Å². The van der Waals surface area contributed by atoms with Crippen LogP contribution in [0.2, 0.25) is 0 Å². The van der Waals surface area contributed by atoms with Crippen LogP contribution in [-0.4, -0.2) is 16.5 Å². The van der Waals surface area contributed by atoms with E-state index in [1.54, 1.807) is 6.08 Å². The number of benzene rings is 1. The van der Waals surface area contributed by atoms with E-state index in [0.29, 0.717) is 12.5 Å². The molecule has 1 heterocycles. The van der Waals surface area contributed by atoms with Gasteiger partial charge in [-0.2, -0.15) is 4.98 Å². The van der Waals surface area contributed by atoms with Crippen molar-refractivity contribution >= 4 is 33.4 Å². The fourth-order valence-electron chi connectivity index (χ4n) is 1.57. The maximum Gasteiger partial charge on any atom is 0.229 e. The van der Waals surface area contributed by atoms with Gasteiger partial charge in [-0.3, -0.25) is 0 Å². The highest BCUT2D eigenvalue weighted by Gasteiger charge is 2.04. The number of aromatic nitrogens is 2. The first-order valence-electron chi connectivity index (χ1n) is 5.91. The molecular weight excluding hydrogens is 304 g/mol. The Kier molecular flexibility index (Phi) is 4.52. The van der Waals surface area contributed by atoms with Crippen LogP contribution in [0.4, 0.5) is 17.5 Å². The number of anilines is 3. The Hall–Kier alpha value is -1.88. The molecule has 0 aliphatic carbocycles. The van der Waals surface area contributed by atoms with Gasteiger partial charge in [0.05, 0.1) is 5.69 Å². The third kappa shape index (κ3) is 3.79. The summed E-state index contributed by atoms with van der Waals surface area (Å²) in [7, 11) is 0. The molecule has 0 bridgehead atoms. The fourth-order valence-corrected chi connectivity index (χ4v) is 1.96. The fraction of sp³-hybridized carbons (Fsp3) is 0.143. The first kappa shape index (κ1) is 13.5. The average molecular weight is 319 g/mol. The topological polar surface area (TPSA) is 49.8 Å². The van der Waals surface area contributed by atoms with Gasteiger partial charge in [-0.25, -0.2) is 4.98 Å². The lowest BCUT2D eigenvalue weighted by Crippen LogP contribution is -2.05. The molecule has 4 nitrogen and oxygen atoms in total. The van der Waals surface area contributed by atoms with E-state index in [0.717, 1.165) is 21.7 Å². The lowest BCUT2D eigenvalue weighted by Gasteiger charge is -2.10. The van der Waals surface area contributed by atoms with Gasteiger partial charge in [0.2, 0.25) is 5.95 Å². The number of rotatable bonds is 5. The van der Waals surface area contributed by atoms with Gasteiger partial charge in [0.25, 0.3) is 0 Å². The third-order valence-electron chi connectivity index (χ3n) is 2.40. The summed E-state index contributed by atoms with van der Waals surface area (Å²) in [4.78, 5) is 8.77. The van der Waals surface area contributed by atoms with Gasteiger partial charge in [-0.05, 0) is 35.0 Å². The second-order valence-electron chi connectivity index (χ2n) is 3.99. The lowest BCUT2D eigenvalue weighted by atomic mass is 10.3. The summed E-state index contributed by atoms with van der Waals surface area (Å²) >= 11 is 3.49.